The van der Waals surface area contributed by atoms with Crippen LogP contribution in [0.25, 0.3) is 0 Å². The van der Waals surface area contributed by atoms with Gasteiger partial charge >= 0.3 is 0 Å². The molecule has 0 aromatic carbocycles. The zero-order valence-electron chi connectivity index (χ0n) is 13.6. The van der Waals surface area contributed by atoms with Crippen molar-refractivity contribution in [2.75, 3.05) is 13.6 Å². The largest absolute Gasteiger partial charge is 0.356 e. The van der Waals surface area contributed by atoms with Gasteiger partial charge in [0.05, 0.1) is 6.54 Å². The van der Waals surface area contributed by atoms with Gasteiger partial charge in [-0.2, -0.15) is 0 Å². The van der Waals surface area contributed by atoms with Crippen LogP contribution in [-0.2, 0) is 18.4 Å². The Balaban J connectivity index is 1.85. The summed E-state index contributed by atoms with van der Waals surface area (Å²) in [5.74, 6) is 0.817. The molecule has 2 aromatic rings. The molecule has 0 radical (unpaired) electrons. The fraction of sp³-hybridized carbons (Fsp3) is 0.500. The summed E-state index contributed by atoms with van der Waals surface area (Å²) < 4.78 is 0. The molecule has 0 atom stereocenters. The van der Waals surface area contributed by atoms with Gasteiger partial charge in [-0.15, -0.1) is 22.7 Å². The Labute approximate surface area is 140 Å². The van der Waals surface area contributed by atoms with Crippen LogP contribution in [0.3, 0.4) is 0 Å². The first-order valence-corrected chi connectivity index (χ1v) is 9.17. The lowest BCUT2D eigenvalue weighted by atomic mass is 9.91. The van der Waals surface area contributed by atoms with E-state index in [1.807, 2.05) is 6.20 Å². The van der Waals surface area contributed by atoms with Gasteiger partial charge in [-0.3, -0.25) is 4.99 Å². The van der Waals surface area contributed by atoms with E-state index in [1.165, 1.54) is 9.75 Å². The minimum absolute atomic E-state index is 0.0857. The first-order chi connectivity index (χ1) is 10.5. The van der Waals surface area contributed by atoms with E-state index in [9.17, 15) is 0 Å². The molecule has 0 bridgehead atoms. The number of hydrogen-bond donors (Lipinski definition) is 2. The molecule has 0 fully saturated rings. The molecule has 0 aliphatic rings. The van der Waals surface area contributed by atoms with Crippen LogP contribution in [0, 0.1) is 0 Å². The SMILES string of the molecule is CCc1cnc(CNC(=NC)NCC(C)(C)c2cccs2)s1. The first-order valence-electron chi connectivity index (χ1n) is 7.47. The van der Waals surface area contributed by atoms with Gasteiger partial charge in [0.2, 0.25) is 0 Å². The van der Waals surface area contributed by atoms with Gasteiger partial charge in [0.15, 0.2) is 5.96 Å². The number of thiazole rings is 1. The first kappa shape index (κ1) is 17.0. The van der Waals surface area contributed by atoms with Crippen LogP contribution in [-0.4, -0.2) is 24.5 Å². The summed E-state index contributed by atoms with van der Waals surface area (Å²) in [7, 11) is 1.80. The number of aryl methyl sites for hydroxylation is 1. The number of aromatic nitrogens is 1. The van der Waals surface area contributed by atoms with Gasteiger partial charge in [-0.05, 0) is 17.9 Å². The van der Waals surface area contributed by atoms with Gasteiger partial charge in [0, 0.05) is 35.0 Å². The van der Waals surface area contributed by atoms with E-state index in [-0.39, 0.29) is 5.41 Å². The number of rotatable bonds is 6. The third kappa shape index (κ3) is 4.55. The maximum absolute atomic E-state index is 4.42. The second-order valence-electron chi connectivity index (χ2n) is 5.71. The van der Waals surface area contributed by atoms with Crippen molar-refractivity contribution >= 4 is 28.6 Å². The third-order valence-electron chi connectivity index (χ3n) is 3.47. The standard InChI is InChI=1S/C16H24N4S2/c1-5-12-9-18-14(22-12)10-19-15(17-4)20-11-16(2,3)13-7-6-8-21-13/h6-9H,5,10-11H2,1-4H3,(H2,17,19,20). The molecular weight excluding hydrogens is 312 g/mol. The molecule has 0 saturated heterocycles. The Morgan fingerprint density at radius 3 is 2.77 bits per heavy atom. The average molecular weight is 337 g/mol. The van der Waals surface area contributed by atoms with E-state index in [4.69, 9.17) is 0 Å². The molecular formula is C16H24N4S2. The van der Waals surface area contributed by atoms with E-state index < -0.39 is 0 Å². The summed E-state index contributed by atoms with van der Waals surface area (Å²) in [4.78, 5) is 11.4. The lowest BCUT2D eigenvalue weighted by Crippen LogP contribution is -2.42. The lowest BCUT2D eigenvalue weighted by Gasteiger charge is -2.24. The number of hydrogen-bond acceptors (Lipinski definition) is 4. The molecule has 6 heteroatoms. The van der Waals surface area contributed by atoms with Crippen molar-refractivity contribution in [1.82, 2.24) is 15.6 Å². The second-order valence-corrected chi connectivity index (χ2v) is 7.86. The van der Waals surface area contributed by atoms with Gasteiger partial charge in [0.25, 0.3) is 0 Å². The van der Waals surface area contributed by atoms with E-state index >= 15 is 0 Å². The number of nitrogens with one attached hydrogen (secondary N) is 2. The molecule has 2 rings (SSSR count). The zero-order chi connectivity index (χ0) is 16.0. The van der Waals surface area contributed by atoms with Crippen molar-refractivity contribution < 1.29 is 0 Å². The van der Waals surface area contributed by atoms with Crippen molar-refractivity contribution in [2.45, 2.75) is 39.2 Å². The Bertz CT molecular complexity index is 599. The van der Waals surface area contributed by atoms with Crippen LogP contribution in [0.15, 0.2) is 28.7 Å². The Kier molecular flexibility index (Phi) is 5.97. The summed E-state index contributed by atoms with van der Waals surface area (Å²) in [6.07, 6.45) is 3.00. The number of aliphatic imine (C=N–C) groups is 1. The number of nitrogens with zero attached hydrogens (tertiary/aromatic N) is 2. The van der Waals surface area contributed by atoms with Crippen LogP contribution in [0.4, 0.5) is 0 Å². The van der Waals surface area contributed by atoms with E-state index in [0.717, 1.165) is 23.9 Å². The van der Waals surface area contributed by atoms with Crippen LogP contribution < -0.4 is 10.6 Å². The molecule has 120 valence electrons. The lowest BCUT2D eigenvalue weighted by molar-refractivity contribution is 0.518. The molecule has 22 heavy (non-hydrogen) atoms. The number of guanidine groups is 1. The molecule has 0 aliphatic carbocycles. The fourth-order valence-electron chi connectivity index (χ4n) is 2.03. The van der Waals surface area contributed by atoms with Gasteiger partial charge in [-0.1, -0.05) is 26.8 Å². The van der Waals surface area contributed by atoms with E-state index in [0.29, 0.717) is 6.54 Å². The Morgan fingerprint density at radius 1 is 1.36 bits per heavy atom. The highest BCUT2D eigenvalue weighted by molar-refractivity contribution is 7.11. The quantitative estimate of drug-likeness (QED) is 0.628. The summed E-state index contributed by atoms with van der Waals surface area (Å²) in [5.41, 5.74) is 0.0857. The molecule has 2 N–H and O–H groups in total. The molecule has 2 aromatic heterocycles. The normalized spacial score (nSPS) is 12.5. The third-order valence-corrected chi connectivity index (χ3v) is 5.84. The summed E-state index contributed by atoms with van der Waals surface area (Å²) in [5, 5.41) is 9.96. The molecule has 0 unspecified atom stereocenters. The predicted molar refractivity (Wildman–Crippen MR) is 97.0 cm³/mol. The minimum Gasteiger partial charge on any atom is -0.356 e. The average Bonchev–Trinajstić information content (AvgIpc) is 3.19. The maximum atomic E-state index is 4.42. The van der Waals surface area contributed by atoms with Crippen LogP contribution in [0.1, 0.15) is 35.5 Å². The zero-order valence-corrected chi connectivity index (χ0v) is 15.3. The van der Waals surface area contributed by atoms with Crippen molar-refractivity contribution in [3.8, 4) is 0 Å². The highest BCUT2D eigenvalue weighted by atomic mass is 32.1. The smallest absolute Gasteiger partial charge is 0.191 e. The van der Waals surface area contributed by atoms with Crippen LogP contribution >= 0.6 is 22.7 Å². The van der Waals surface area contributed by atoms with E-state index in [1.54, 1.807) is 29.7 Å². The minimum atomic E-state index is 0.0857. The van der Waals surface area contributed by atoms with Gasteiger partial charge < -0.3 is 10.6 Å². The summed E-state index contributed by atoms with van der Waals surface area (Å²) >= 11 is 3.55. The molecule has 0 aliphatic heterocycles. The maximum Gasteiger partial charge on any atom is 0.191 e. The molecule has 4 nitrogen and oxygen atoms in total. The highest BCUT2D eigenvalue weighted by Crippen LogP contribution is 2.26. The number of thiophene rings is 1. The molecule has 0 saturated carbocycles. The predicted octanol–water partition coefficient (Wildman–Crippen LogP) is 3.41. The summed E-state index contributed by atoms with van der Waals surface area (Å²) in [6.45, 7) is 8.19. The summed E-state index contributed by atoms with van der Waals surface area (Å²) in [6, 6.07) is 4.28. The second kappa shape index (κ2) is 7.74. The van der Waals surface area contributed by atoms with E-state index in [2.05, 4.69) is 58.9 Å². The van der Waals surface area contributed by atoms with Gasteiger partial charge in [0.1, 0.15) is 5.01 Å². The van der Waals surface area contributed by atoms with Crippen LogP contribution in [0.2, 0.25) is 0 Å². The van der Waals surface area contributed by atoms with Gasteiger partial charge in [-0.25, -0.2) is 4.98 Å². The topological polar surface area (TPSA) is 49.3 Å². The molecule has 0 spiro atoms. The monoisotopic (exact) mass is 336 g/mol. The Morgan fingerprint density at radius 2 is 2.18 bits per heavy atom. The van der Waals surface area contributed by atoms with Crippen molar-refractivity contribution in [2.24, 2.45) is 4.99 Å². The van der Waals surface area contributed by atoms with Crippen molar-refractivity contribution in [3.05, 3.63) is 38.5 Å². The fourth-order valence-corrected chi connectivity index (χ4v) is 3.68. The molecule has 0 amide bonds. The Hall–Kier alpha value is -1.40. The van der Waals surface area contributed by atoms with Crippen molar-refractivity contribution in [1.29, 1.82) is 0 Å². The van der Waals surface area contributed by atoms with Crippen molar-refractivity contribution in [3.63, 3.8) is 0 Å². The van der Waals surface area contributed by atoms with Crippen LogP contribution in [0.5, 0.6) is 0 Å². The highest BCUT2D eigenvalue weighted by Gasteiger charge is 2.21. The molecule has 2 heterocycles.